The van der Waals surface area contributed by atoms with Gasteiger partial charge >= 0.3 is 5.69 Å². The number of aromatic nitrogens is 2. The van der Waals surface area contributed by atoms with Crippen molar-refractivity contribution in [2.75, 3.05) is 5.32 Å². The summed E-state index contributed by atoms with van der Waals surface area (Å²) in [6.07, 6.45) is 1.18. The zero-order valence-electron chi connectivity index (χ0n) is 13.9. The SMILES string of the molecule is CCc1ccc(C(=O)CCC(=O)Nc2ccc3[nH]c(=O)[nH]c3c2)cc1. The second-order valence-corrected chi connectivity index (χ2v) is 5.86. The van der Waals surface area contributed by atoms with Gasteiger partial charge in [-0.25, -0.2) is 4.79 Å². The summed E-state index contributed by atoms with van der Waals surface area (Å²) in [6.45, 7) is 2.06. The molecule has 0 aliphatic rings. The van der Waals surface area contributed by atoms with Crippen molar-refractivity contribution in [3.8, 4) is 0 Å². The number of Topliss-reactive ketones (excluding diaryl/α,β-unsaturated/α-hetero) is 1. The Morgan fingerprint density at radius 2 is 1.68 bits per heavy atom. The van der Waals surface area contributed by atoms with E-state index in [-0.39, 0.29) is 30.2 Å². The van der Waals surface area contributed by atoms with Crippen molar-refractivity contribution >= 4 is 28.4 Å². The fraction of sp³-hybridized carbons (Fsp3) is 0.211. The average Bonchev–Trinajstić information content (AvgIpc) is 2.99. The maximum absolute atomic E-state index is 12.2. The van der Waals surface area contributed by atoms with Gasteiger partial charge < -0.3 is 15.3 Å². The summed E-state index contributed by atoms with van der Waals surface area (Å²) in [4.78, 5) is 40.7. The van der Waals surface area contributed by atoms with Gasteiger partial charge in [-0.3, -0.25) is 9.59 Å². The fourth-order valence-electron chi connectivity index (χ4n) is 2.63. The van der Waals surface area contributed by atoms with Crippen LogP contribution >= 0.6 is 0 Å². The van der Waals surface area contributed by atoms with Crippen LogP contribution in [0.3, 0.4) is 0 Å². The zero-order chi connectivity index (χ0) is 17.8. The van der Waals surface area contributed by atoms with Gasteiger partial charge in [-0.15, -0.1) is 0 Å². The number of rotatable bonds is 6. The number of imidazole rings is 1. The van der Waals surface area contributed by atoms with E-state index in [1.165, 1.54) is 5.56 Å². The molecule has 0 saturated carbocycles. The van der Waals surface area contributed by atoms with Gasteiger partial charge in [0.25, 0.3) is 0 Å². The molecule has 128 valence electrons. The lowest BCUT2D eigenvalue weighted by Crippen LogP contribution is -2.13. The number of ketones is 1. The molecule has 0 saturated heterocycles. The van der Waals surface area contributed by atoms with Gasteiger partial charge in [-0.1, -0.05) is 31.2 Å². The minimum Gasteiger partial charge on any atom is -0.326 e. The van der Waals surface area contributed by atoms with E-state index in [9.17, 15) is 14.4 Å². The van der Waals surface area contributed by atoms with E-state index >= 15 is 0 Å². The molecule has 25 heavy (non-hydrogen) atoms. The van der Waals surface area contributed by atoms with Crippen LogP contribution in [-0.2, 0) is 11.2 Å². The predicted octanol–water partition coefficient (Wildman–Crippen LogP) is 3.02. The van der Waals surface area contributed by atoms with Crippen LogP contribution in [0.25, 0.3) is 11.0 Å². The molecule has 0 fully saturated rings. The van der Waals surface area contributed by atoms with Gasteiger partial charge in [0.15, 0.2) is 5.78 Å². The summed E-state index contributed by atoms with van der Waals surface area (Å²) in [5.74, 6) is -0.293. The van der Waals surface area contributed by atoms with Crippen LogP contribution in [-0.4, -0.2) is 21.7 Å². The van der Waals surface area contributed by atoms with Crippen LogP contribution in [0, 0.1) is 0 Å². The van der Waals surface area contributed by atoms with Crippen molar-refractivity contribution < 1.29 is 9.59 Å². The highest BCUT2D eigenvalue weighted by Crippen LogP contribution is 2.15. The molecule has 0 aliphatic carbocycles. The van der Waals surface area contributed by atoms with Crippen LogP contribution in [0.2, 0.25) is 0 Å². The smallest absolute Gasteiger partial charge is 0.323 e. The molecule has 2 aromatic carbocycles. The number of aryl methyl sites for hydroxylation is 1. The molecular formula is C19H19N3O3. The maximum Gasteiger partial charge on any atom is 0.323 e. The second-order valence-electron chi connectivity index (χ2n) is 5.86. The molecule has 3 aromatic rings. The lowest BCUT2D eigenvalue weighted by atomic mass is 10.0. The number of anilines is 1. The van der Waals surface area contributed by atoms with Crippen LogP contribution in [0.5, 0.6) is 0 Å². The minimum atomic E-state index is -0.293. The first-order chi connectivity index (χ1) is 12.0. The minimum absolute atomic E-state index is 0.0526. The summed E-state index contributed by atoms with van der Waals surface area (Å²) in [7, 11) is 0. The summed E-state index contributed by atoms with van der Waals surface area (Å²) < 4.78 is 0. The molecule has 0 unspecified atom stereocenters. The second kappa shape index (κ2) is 7.17. The highest BCUT2D eigenvalue weighted by Gasteiger charge is 2.10. The number of benzene rings is 2. The number of hydrogen-bond donors (Lipinski definition) is 3. The third kappa shape index (κ3) is 4.03. The third-order valence-corrected chi connectivity index (χ3v) is 4.06. The highest BCUT2D eigenvalue weighted by atomic mass is 16.2. The Kier molecular flexibility index (Phi) is 4.79. The molecule has 0 radical (unpaired) electrons. The number of H-pyrrole nitrogens is 2. The standard InChI is InChI=1S/C19H19N3O3/c1-2-12-3-5-13(6-4-12)17(23)9-10-18(24)20-14-7-8-15-16(11-14)22-19(25)21-15/h3-8,11H,2,9-10H2,1H3,(H,20,24)(H2,21,22,25). The van der Waals surface area contributed by atoms with Crippen molar-refractivity contribution in [3.63, 3.8) is 0 Å². The highest BCUT2D eigenvalue weighted by molar-refractivity contribution is 6.00. The number of carbonyl (C=O) groups excluding carboxylic acids is 2. The van der Waals surface area contributed by atoms with E-state index < -0.39 is 0 Å². The molecule has 0 atom stereocenters. The third-order valence-electron chi connectivity index (χ3n) is 4.06. The first kappa shape index (κ1) is 16.7. The van der Waals surface area contributed by atoms with Crippen molar-refractivity contribution in [1.29, 1.82) is 0 Å². The maximum atomic E-state index is 12.2. The van der Waals surface area contributed by atoms with Crippen LogP contribution in [0.4, 0.5) is 5.69 Å². The van der Waals surface area contributed by atoms with Crippen LogP contribution in [0.15, 0.2) is 47.3 Å². The number of carbonyl (C=O) groups is 2. The van der Waals surface area contributed by atoms with Gasteiger partial charge in [-0.05, 0) is 30.2 Å². The molecule has 3 N–H and O–H groups in total. The molecular weight excluding hydrogens is 318 g/mol. The van der Waals surface area contributed by atoms with Gasteiger partial charge in [0.1, 0.15) is 0 Å². The number of fused-ring (bicyclic) bond motifs is 1. The van der Waals surface area contributed by atoms with E-state index in [1.807, 2.05) is 12.1 Å². The number of amides is 1. The van der Waals surface area contributed by atoms with E-state index in [4.69, 9.17) is 0 Å². The van der Waals surface area contributed by atoms with Gasteiger partial charge in [0.2, 0.25) is 5.91 Å². The van der Waals surface area contributed by atoms with E-state index in [0.29, 0.717) is 22.3 Å². The molecule has 3 rings (SSSR count). The van der Waals surface area contributed by atoms with Crippen molar-refractivity contribution in [1.82, 2.24) is 9.97 Å². The molecule has 0 bridgehead atoms. The van der Waals surface area contributed by atoms with Gasteiger partial charge in [0, 0.05) is 24.1 Å². The molecule has 0 spiro atoms. The first-order valence-electron chi connectivity index (χ1n) is 8.19. The molecule has 1 heterocycles. The molecule has 1 aromatic heterocycles. The Labute approximate surface area is 144 Å². The van der Waals surface area contributed by atoms with E-state index in [1.54, 1.807) is 30.3 Å². The Balaban J connectivity index is 1.57. The molecule has 1 amide bonds. The van der Waals surface area contributed by atoms with Crippen molar-refractivity contribution in [2.45, 2.75) is 26.2 Å². The Hall–Kier alpha value is -3.15. The summed E-state index contributed by atoms with van der Waals surface area (Å²) >= 11 is 0. The topological polar surface area (TPSA) is 94.8 Å². The van der Waals surface area contributed by atoms with Crippen molar-refractivity contribution in [3.05, 3.63) is 64.1 Å². The fourth-order valence-corrected chi connectivity index (χ4v) is 2.63. The van der Waals surface area contributed by atoms with Crippen molar-refractivity contribution in [2.24, 2.45) is 0 Å². The molecule has 6 heteroatoms. The predicted molar refractivity (Wildman–Crippen MR) is 96.9 cm³/mol. The average molecular weight is 337 g/mol. The molecule has 6 nitrogen and oxygen atoms in total. The van der Waals surface area contributed by atoms with E-state index in [2.05, 4.69) is 22.2 Å². The van der Waals surface area contributed by atoms with Gasteiger partial charge in [-0.2, -0.15) is 0 Å². The molecule has 0 aliphatic heterocycles. The van der Waals surface area contributed by atoms with E-state index in [0.717, 1.165) is 6.42 Å². The Morgan fingerprint density at radius 1 is 0.960 bits per heavy atom. The lowest BCUT2D eigenvalue weighted by Gasteiger charge is -2.06. The largest absolute Gasteiger partial charge is 0.326 e. The Bertz CT molecular complexity index is 967. The summed E-state index contributed by atoms with van der Waals surface area (Å²) in [5.41, 5.74) is 3.37. The monoisotopic (exact) mass is 337 g/mol. The van der Waals surface area contributed by atoms with Crippen LogP contribution in [0.1, 0.15) is 35.7 Å². The summed E-state index contributed by atoms with van der Waals surface area (Å²) in [6, 6.07) is 12.6. The normalized spacial score (nSPS) is 10.8. The Morgan fingerprint density at radius 3 is 2.40 bits per heavy atom. The summed E-state index contributed by atoms with van der Waals surface area (Å²) in [5, 5.41) is 2.74. The van der Waals surface area contributed by atoms with Crippen LogP contribution < -0.4 is 11.0 Å². The quantitative estimate of drug-likeness (QED) is 0.603. The zero-order valence-corrected chi connectivity index (χ0v) is 13.9. The van der Waals surface area contributed by atoms with Gasteiger partial charge in [0.05, 0.1) is 11.0 Å². The number of nitrogens with one attached hydrogen (secondary N) is 3. The first-order valence-corrected chi connectivity index (χ1v) is 8.19. The number of hydrogen-bond acceptors (Lipinski definition) is 3. The lowest BCUT2D eigenvalue weighted by molar-refractivity contribution is -0.116. The number of aromatic amines is 2.